The number of hydrogen-bond donors (Lipinski definition) is 2. The van der Waals surface area contributed by atoms with Gasteiger partial charge in [0.05, 0.1) is 6.61 Å². The van der Waals surface area contributed by atoms with Crippen LogP contribution in [0.5, 0.6) is 11.5 Å². The minimum Gasteiger partial charge on any atom is -0.490 e. The lowest BCUT2D eigenvalue weighted by Crippen LogP contribution is -2.27. The number of ether oxygens (including phenoxy) is 2. The Bertz CT molecular complexity index is 1130. The molecule has 0 atom stereocenters. The molecule has 3 aromatic rings. The Kier molecular flexibility index (Phi) is 8.27. The van der Waals surface area contributed by atoms with Crippen LogP contribution in [0.15, 0.2) is 78.5 Å². The summed E-state index contributed by atoms with van der Waals surface area (Å²) < 4.78 is 12.7. The molecule has 32 heavy (non-hydrogen) atoms. The monoisotopic (exact) mass is 543 g/mol. The molecule has 3 aromatic carbocycles. The van der Waals surface area contributed by atoms with Gasteiger partial charge < -0.3 is 19.9 Å². The second kappa shape index (κ2) is 11.3. The lowest BCUT2D eigenvalue weighted by atomic mass is 10.1. The first-order chi connectivity index (χ1) is 15.5. The molecule has 0 fully saturated rings. The van der Waals surface area contributed by atoms with Crippen LogP contribution in [0.4, 0.5) is 0 Å². The van der Waals surface area contributed by atoms with Crippen LogP contribution in [0.2, 0.25) is 0 Å². The van der Waals surface area contributed by atoms with Gasteiger partial charge in [-0.05, 0) is 83.1 Å². The molecule has 3 rings (SSSR count). The Morgan fingerprint density at radius 1 is 0.969 bits per heavy atom. The third-order valence-corrected chi connectivity index (χ3v) is 5.05. The molecule has 0 aliphatic carbocycles. The van der Waals surface area contributed by atoms with Crippen LogP contribution < -0.4 is 14.8 Å². The molecule has 0 bridgehead atoms. The lowest BCUT2D eigenvalue weighted by Gasteiger charge is -2.13. The second-order valence-corrected chi connectivity index (χ2v) is 7.99. The largest absolute Gasteiger partial charge is 0.490 e. The summed E-state index contributed by atoms with van der Waals surface area (Å²) in [4.78, 5) is 24.1. The first kappa shape index (κ1) is 23.3. The van der Waals surface area contributed by atoms with Gasteiger partial charge in [-0.25, -0.2) is 4.79 Å². The van der Waals surface area contributed by atoms with E-state index < -0.39 is 11.9 Å². The van der Waals surface area contributed by atoms with Crippen molar-refractivity contribution in [3.63, 3.8) is 0 Å². The van der Waals surface area contributed by atoms with Crippen LogP contribution in [0.3, 0.4) is 0 Å². The predicted octanol–water partition coefficient (Wildman–Crippen LogP) is 5.12. The van der Waals surface area contributed by atoms with Crippen LogP contribution in [0, 0.1) is 3.57 Å². The molecular formula is C25H22INO5. The van der Waals surface area contributed by atoms with Gasteiger partial charge in [0.25, 0.3) is 5.91 Å². The standard InChI is InChI=1S/C25H22INO5/c1-2-31-23-15-17(11-12-22(23)32-16-18-7-6-10-20(26)13-18)14-21(25(29)30)27-24(28)19-8-4-3-5-9-19/h3-15H,2,16H2,1H3,(H,27,28)(H,29,30)/b21-14+. The fraction of sp³-hybridized carbons (Fsp3) is 0.120. The van der Waals surface area contributed by atoms with E-state index in [-0.39, 0.29) is 5.70 Å². The van der Waals surface area contributed by atoms with Crippen molar-refractivity contribution in [1.82, 2.24) is 5.32 Å². The average molecular weight is 543 g/mol. The van der Waals surface area contributed by atoms with Gasteiger partial charge in [0.1, 0.15) is 12.3 Å². The summed E-state index contributed by atoms with van der Waals surface area (Å²) >= 11 is 2.25. The first-order valence-electron chi connectivity index (χ1n) is 9.91. The van der Waals surface area contributed by atoms with E-state index in [0.717, 1.165) is 9.13 Å². The minimum atomic E-state index is -1.24. The third-order valence-electron chi connectivity index (χ3n) is 4.38. The Hall–Kier alpha value is -3.33. The maximum atomic E-state index is 12.4. The maximum Gasteiger partial charge on any atom is 0.352 e. The van der Waals surface area contributed by atoms with Crippen molar-refractivity contribution in [2.24, 2.45) is 0 Å². The molecule has 0 aliphatic heterocycles. The zero-order valence-electron chi connectivity index (χ0n) is 17.4. The number of halogens is 1. The van der Waals surface area contributed by atoms with Crippen molar-refractivity contribution in [3.05, 3.63) is 98.8 Å². The summed E-state index contributed by atoms with van der Waals surface area (Å²) in [6.45, 7) is 2.65. The molecule has 164 valence electrons. The Labute approximate surface area is 200 Å². The van der Waals surface area contributed by atoms with E-state index in [0.29, 0.717) is 35.8 Å². The number of carboxylic acid groups (broad SMARTS) is 1. The highest BCUT2D eigenvalue weighted by Crippen LogP contribution is 2.30. The summed E-state index contributed by atoms with van der Waals surface area (Å²) in [7, 11) is 0. The summed E-state index contributed by atoms with van der Waals surface area (Å²) in [5, 5.41) is 12.0. The number of hydrogen-bond acceptors (Lipinski definition) is 4. The zero-order valence-corrected chi connectivity index (χ0v) is 19.5. The molecule has 6 nitrogen and oxygen atoms in total. The molecule has 0 saturated heterocycles. The zero-order chi connectivity index (χ0) is 22.9. The fourth-order valence-electron chi connectivity index (χ4n) is 2.89. The Morgan fingerprint density at radius 2 is 1.75 bits per heavy atom. The van der Waals surface area contributed by atoms with Crippen molar-refractivity contribution < 1.29 is 24.2 Å². The highest BCUT2D eigenvalue weighted by Gasteiger charge is 2.14. The molecule has 0 aliphatic rings. The van der Waals surface area contributed by atoms with Crippen LogP contribution in [0.25, 0.3) is 6.08 Å². The van der Waals surface area contributed by atoms with Gasteiger partial charge in [-0.2, -0.15) is 0 Å². The van der Waals surface area contributed by atoms with E-state index >= 15 is 0 Å². The van der Waals surface area contributed by atoms with Gasteiger partial charge in [0, 0.05) is 9.13 Å². The molecule has 0 unspecified atom stereocenters. The number of rotatable bonds is 9. The number of carbonyl (C=O) groups is 2. The second-order valence-electron chi connectivity index (χ2n) is 6.74. The number of nitrogens with one attached hydrogen (secondary N) is 1. The van der Waals surface area contributed by atoms with E-state index in [9.17, 15) is 14.7 Å². The van der Waals surface area contributed by atoms with Crippen LogP contribution >= 0.6 is 22.6 Å². The van der Waals surface area contributed by atoms with Gasteiger partial charge in [-0.3, -0.25) is 4.79 Å². The first-order valence-corrected chi connectivity index (χ1v) is 11.0. The molecule has 0 saturated carbocycles. The molecular weight excluding hydrogens is 521 g/mol. The summed E-state index contributed by atoms with van der Waals surface area (Å²) in [5.74, 6) is -0.702. The smallest absolute Gasteiger partial charge is 0.352 e. The lowest BCUT2D eigenvalue weighted by molar-refractivity contribution is -0.132. The normalized spacial score (nSPS) is 11.0. The Morgan fingerprint density at radius 3 is 2.44 bits per heavy atom. The van der Waals surface area contributed by atoms with Crippen molar-refractivity contribution >= 4 is 40.5 Å². The summed E-state index contributed by atoms with van der Waals surface area (Å²) in [6, 6.07) is 21.5. The van der Waals surface area contributed by atoms with E-state index in [4.69, 9.17) is 9.47 Å². The maximum absolute atomic E-state index is 12.4. The minimum absolute atomic E-state index is 0.242. The topological polar surface area (TPSA) is 84.9 Å². The number of benzene rings is 3. The summed E-state index contributed by atoms with van der Waals surface area (Å²) in [5.41, 5.74) is 1.71. The molecule has 0 aromatic heterocycles. The number of amides is 1. The molecule has 7 heteroatoms. The van der Waals surface area contributed by atoms with Crippen molar-refractivity contribution in [3.8, 4) is 11.5 Å². The molecule has 0 radical (unpaired) electrons. The third kappa shape index (κ3) is 6.58. The highest BCUT2D eigenvalue weighted by molar-refractivity contribution is 14.1. The molecule has 2 N–H and O–H groups in total. The average Bonchev–Trinajstić information content (AvgIpc) is 2.79. The Balaban J connectivity index is 1.80. The number of aliphatic carboxylic acids is 1. The quantitative estimate of drug-likeness (QED) is 0.289. The van der Waals surface area contributed by atoms with Gasteiger partial charge in [0.2, 0.25) is 0 Å². The van der Waals surface area contributed by atoms with Crippen molar-refractivity contribution in [1.29, 1.82) is 0 Å². The summed E-state index contributed by atoms with van der Waals surface area (Å²) in [6.07, 6.45) is 1.38. The van der Waals surface area contributed by atoms with E-state index in [2.05, 4.69) is 27.9 Å². The van der Waals surface area contributed by atoms with E-state index in [1.165, 1.54) is 6.08 Å². The van der Waals surface area contributed by atoms with Gasteiger partial charge >= 0.3 is 5.97 Å². The van der Waals surface area contributed by atoms with E-state index in [1.54, 1.807) is 48.5 Å². The van der Waals surface area contributed by atoms with Gasteiger partial charge in [-0.15, -0.1) is 0 Å². The number of carboxylic acids is 1. The molecule has 0 heterocycles. The molecule has 1 amide bonds. The van der Waals surface area contributed by atoms with E-state index in [1.807, 2.05) is 31.2 Å². The van der Waals surface area contributed by atoms with Crippen molar-refractivity contribution in [2.75, 3.05) is 6.61 Å². The van der Waals surface area contributed by atoms with Crippen molar-refractivity contribution in [2.45, 2.75) is 13.5 Å². The van der Waals surface area contributed by atoms with Crippen LogP contribution in [-0.2, 0) is 11.4 Å². The number of carbonyl (C=O) groups excluding carboxylic acids is 1. The molecule has 0 spiro atoms. The predicted molar refractivity (Wildman–Crippen MR) is 131 cm³/mol. The van der Waals surface area contributed by atoms with Crippen LogP contribution in [0.1, 0.15) is 28.4 Å². The SMILES string of the molecule is CCOc1cc(/C=C(/NC(=O)c2ccccc2)C(=O)O)ccc1OCc1cccc(I)c1. The fourth-order valence-corrected chi connectivity index (χ4v) is 3.50. The van der Waals surface area contributed by atoms with Crippen LogP contribution in [-0.4, -0.2) is 23.6 Å². The highest BCUT2D eigenvalue weighted by atomic mass is 127. The van der Waals surface area contributed by atoms with Gasteiger partial charge in [0.15, 0.2) is 11.5 Å². The van der Waals surface area contributed by atoms with Gasteiger partial charge in [-0.1, -0.05) is 36.4 Å².